The molecule has 138 valence electrons. The van der Waals surface area contributed by atoms with E-state index in [1.54, 1.807) is 5.51 Å². The van der Waals surface area contributed by atoms with Crippen molar-refractivity contribution < 1.29 is 14.3 Å². The average molecular weight is 374 g/mol. The van der Waals surface area contributed by atoms with Crippen LogP contribution in [0.15, 0.2) is 35.8 Å². The van der Waals surface area contributed by atoms with Crippen molar-refractivity contribution in [3.05, 3.63) is 41.4 Å². The van der Waals surface area contributed by atoms with Crippen molar-refractivity contribution in [2.75, 3.05) is 18.4 Å². The molecule has 1 aliphatic heterocycles. The summed E-state index contributed by atoms with van der Waals surface area (Å²) in [4.78, 5) is 25.9. The maximum Gasteiger partial charge on any atom is 0.226 e. The molecule has 26 heavy (non-hydrogen) atoms. The first kappa shape index (κ1) is 18.5. The summed E-state index contributed by atoms with van der Waals surface area (Å²) in [6.07, 6.45) is 2.20. The van der Waals surface area contributed by atoms with E-state index in [-0.39, 0.29) is 30.8 Å². The standard InChI is InChI=1S/C18H22N4O3S/c23-16(20-18-21-19-13-26-18)6-7-17(24)22-10-8-15(9-11-22)25-12-14-4-2-1-3-5-14/h1-5,13,15H,6-12H2,(H,20,21,23). The molecule has 0 atom stereocenters. The first-order chi connectivity index (χ1) is 12.7. The minimum Gasteiger partial charge on any atom is -0.373 e. The average Bonchev–Trinajstić information content (AvgIpc) is 3.18. The van der Waals surface area contributed by atoms with Crippen LogP contribution in [0.1, 0.15) is 31.2 Å². The van der Waals surface area contributed by atoms with Crippen LogP contribution in [-0.2, 0) is 20.9 Å². The van der Waals surface area contributed by atoms with Crippen LogP contribution in [-0.4, -0.2) is 46.1 Å². The van der Waals surface area contributed by atoms with E-state index in [2.05, 4.69) is 15.5 Å². The lowest BCUT2D eigenvalue weighted by Gasteiger charge is -2.32. The third kappa shape index (κ3) is 5.60. The maximum absolute atomic E-state index is 12.3. The SMILES string of the molecule is O=C(CCC(=O)N1CCC(OCc2ccccc2)CC1)Nc1nncs1. The Morgan fingerprint density at radius 1 is 1.19 bits per heavy atom. The van der Waals surface area contributed by atoms with E-state index < -0.39 is 0 Å². The molecule has 0 spiro atoms. The molecule has 3 rings (SSSR count). The molecule has 1 fully saturated rings. The Labute approximate surface area is 156 Å². The summed E-state index contributed by atoms with van der Waals surface area (Å²) in [5.41, 5.74) is 2.71. The molecule has 1 saturated heterocycles. The number of carbonyl (C=O) groups excluding carboxylic acids is 2. The van der Waals surface area contributed by atoms with Crippen LogP contribution in [0.2, 0.25) is 0 Å². The van der Waals surface area contributed by atoms with Crippen molar-refractivity contribution >= 4 is 28.3 Å². The highest BCUT2D eigenvalue weighted by Gasteiger charge is 2.23. The fraction of sp³-hybridized carbons (Fsp3) is 0.444. The molecule has 1 N–H and O–H groups in total. The smallest absolute Gasteiger partial charge is 0.226 e. The van der Waals surface area contributed by atoms with Crippen molar-refractivity contribution in [2.24, 2.45) is 0 Å². The topological polar surface area (TPSA) is 84.4 Å². The van der Waals surface area contributed by atoms with Gasteiger partial charge in [0.05, 0.1) is 12.7 Å². The minimum absolute atomic E-state index is 0.0129. The fourth-order valence-corrected chi connectivity index (χ4v) is 3.31. The lowest BCUT2D eigenvalue weighted by Crippen LogP contribution is -2.41. The molecular formula is C18H22N4O3S. The number of rotatable bonds is 7. The van der Waals surface area contributed by atoms with Crippen molar-refractivity contribution in [1.29, 1.82) is 0 Å². The van der Waals surface area contributed by atoms with E-state index >= 15 is 0 Å². The van der Waals surface area contributed by atoms with Gasteiger partial charge in [-0.2, -0.15) is 0 Å². The second-order valence-corrected chi connectivity index (χ2v) is 7.00. The predicted octanol–water partition coefficient (Wildman–Crippen LogP) is 2.46. The molecule has 0 aliphatic carbocycles. The van der Waals surface area contributed by atoms with Gasteiger partial charge in [0.25, 0.3) is 0 Å². The van der Waals surface area contributed by atoms with Crippen molar-refractivity contribution in [1.82, 2.24) is 15.1 Å². The first-order valence-electron chi connectivity index (χ1n) is 8.70. The van der Waals surface area contributed by atoms with Gasteiger partial charge in [0.2, 0.25) is 16.9 Å². The summed E-state index contributed by atoms with van der Waals surface area (Å²) < 4.78 is 5.94. The molecule has 0 bridgehead atoms. The van der Waals surface area contributed by atoms with Crippen LogP contribution in [0.4, 0.5) is 5.13 Å². The number of piperidine rings is 1. The number of anilines is 1. The molecule has 1 aromatic carbocycles. The third-order valence-electron chi connectivity index (χ3n) is 4.30. The summed E-state index contributed by atoms with van der Waals surface area (Å²) >= 11 is 1.25. The van der Waals surface area contributed by atoms with Crippen LogP contribution in [0.5, 0.6) is 0 Å². The number of nitrogens with one attached hydrogen (secondary N) is 1. The molecule has 2 amide bonds. The summed E-state index contributed by atoms with van der Waals surface area (Å²) in [5, 5.41) is 10.5. The van der Waals surface area contributed by atoms with E-state index in [0.29, 0.717) is 24.8 Å². The highest BCUT2D eigenvalue weighted by molar-refractivity contribution is 7.13. The Morgan fingerprint density at radius 3 is 2.65 bits per heavy atom. The Bertz CT molecular complexity index is 700. The minimum atomic E-state index is -0.212. The summed E-state index contributed by atoms with van der Waals surface area (Å²) in [6, 6.07) is 10.1. The van der Waals surface area contributed by atoms with E-state index in [4.69, 9.17) is 4.74 Å². The molecule has 1 aliphatic rings. The van der Waals surface area contributed by atoms with E-state index in [9.17, 15) is 9.59 Å². The Hall–Kier alpha value is -2.32. The van der Waals surface area contributed by atoms with Crippen LogP contribution in [0.3, 0.4) is 0 Å². The molecule has 0 radical (unpaired) electrons. The number of ether oxygens (including phenoxy) is 1. The molecule has 0 saturated carbocycles. The molecule has 1 aromatic heterocycles. The van der Waals surface area contributed by atoms with Crippen molar-refractivity contribution in [2.45, 2.75) is 38.4 Å². The first-order valence-corrected chi connectivity index (χ1v) is 9.58. The van der Waals surface area contributed by atoms with Gasteiger partial charge in [-0.1, -0.05) is 41.7 Å². The summed E-state index contributed by atoms with van der Waals surface area (Å²) in [5.74, 6) is -0.199. The van der Waals surface area contributed by atoms with E-state index in [0.717, 1.165) is 18.4 Å². The van der Waals surface area contributed by atoms with Gasteiger partial charge in [0, 0.05) is 25.9 Å². The zero-order chi connectivity index (χ0) is 18.2. The maximum atomic E-state index is 12.3. The number of carbonyl (C=O) groups is 2. The fourth-order valence-electron chi connectivity index (χ4n) is 2.85. The second kappa shape index (κ2) is 9.40. The normalized spacial score (nSPS) is 15.0. The van der Waals surface area contributed by atoms with Gasteiger partial charge < -0.3 is 15.0 Å². The van der Waals surface area contributed by atoms with Crippen LogP contribution < -0.4 is 5.32 Å². The lowest BCUT2D eigenvalue weighted by molar-refractivity contribution is -0.135. The van der Waals surface area contributed by atoms with E-state index in [1.165, 1.54) is 11.3 Å². The quantitative estimate of drug-likeness (QED) is 0.805. The number of hydrogen-bond donors (Lipinski definition) is 1. The predicted molar refractivity (Wildman–Crippen MR) is 98.6 cm³/mol. The highest BCUT2D eigenvalue weighted by atomic mass is 32.1. The molecular weight excluding hydrogens is 352 g/mol. The molecule has 8 heteroatoms. The van der Waals surface area contributed by atoms with Gasteiger partial charge in [-0.25, -0.2) is 0 Å². The lowest BCUT2D eigenvalue weighted by atomic mass is 10.1. The molecule has 2 aromatic rings. The second-order valence-electron chi connectivity index (χ2n) is 6.17. The van der Waals surface area contributed by atoms with Gasteiger partial charge in [0.15, 0.2) is 0 Å². The number of nitrogens with zero attached hydrogens (tertiary/aromatic N) is 3. The van der Waals surface area contributed by atoms with Gasteiger partial charge in [-0.3, -0.25) is 9.59 Å². The Balaban J connectivity index is 1.33. The largest absolute Gasteiger partial charge is 0.373 e. The van der Waals surface area contributed by atoms with Gasteiger partial charge >= 0.3 is 0 Å². The molecule has 2 heterocycles. The molecule has 0 unspecified atom stereocenters. The van der Waals surface area contributed by atoms with Gasteiger partial charge in [-0.15, -0.1) is 10.2 Å². The zero-order valence-corrected chi connectivity index (χ0v) is 15.3. The van der Waals surface area contributed by atoms with Crippen LogP contribution in [0.25, 0.3) is 0 Å². The van der Waals surface area contributed by atoms with E-state index in [1.807, 2.05) is 35.2 Å². The number of likely N-dealkylation sites (tertiary alicyclic amines) is 1. The highest BCUT2D eigenvalue weighted by Crippen LogP contribution is 2.17. The zero-order valence-electron chi connectivity index (χ0n) is 14.5. The number of benzene rings is 1. The van der Waals surface area contributed by atoms with Crippen LogP contribution >= 0.6 is 11.3 Å². The van der Waals surface area contributed by atoms with Gasteiger partial charge in [-0.05, 0) is 18.4 Å². The number of hydrogen-bond acceptors (Lipinski definition) is 6. The molecule has 7 nitrogen and oxygen atoms in total. The monoisotopic (exact) mass is 374 g/mol. The van der Waals surface area contributed by atoms with Gasteiger partial charge in [0.1, 0.15) is 5.51 Å². The van der Waals surface area contributed by atoms with Crippen molar-refractivity contribution in [3.63, 3.8) is 0 Å². The van der Waals surface area contributed by atoms with Crippen molar-refractivity contribution in [3.8, 4) is 0 Å². The third-order valence-corrected chi connectivity index (χ3v) is 4.90. The summed E-state index contributed by atoms with van der Waals surface area (Å²) in [7, 11) is 0. The summed E-state index contributed by atoms with van der Waals surface area (Å²) in [6.45, 7) is 1.96. The Morgan fingerprint density at radius 2 is 1.96 bits per heavy atom. The van der Waals surface area contributed by atoms with Crippen LogP contribution in [0, 0.1) is 0 Å². The number of amides is 2. The Kier molecular flexibility index (Phi) is 6.68. The number of aromatic nitrogens is 2.